The molecule has 0 unspecified atom stereocenters. The lowest BCUT2D eigenvalue weighted by Crippen LogP contribution is -2.36. The number of piperidine rings is 1. The van der Waals surface area contributed by atoms with E-state index in [-0.39, 0.29) is 36.2 Å². The molecule has 1 aromatic carbocycles. The number of carbonyl (C=O) groups excluding carboxylic acids is 1. The van der Waals surface area contributed by atoms with Gasteiger partial charge >= 0.3 is 0 Å². The molecule has 0 spiro atoms. The first-order valence-corrected chi connectivity index (χ1v) is 13.6. The topological polar surface area (TPSA) is 49.8 Å². The molecule has 4 nitrogen and oxygen atoms in total. The minimum atomic E-state index is -2.84. The number of rotatable bonds is 7. The van der Waals surface area contributed by atoms with Crippen LogP contribution in [-0.2, 0) is 16.0 Å². The average Bonchev–Trinajstić information content (AvgIpc) is 2.97. The maximum absolute atomic E-state index is 14.9. The molecule has 1 aromatic rings. The number of hydrogen-bond acceptors (Lipinski definition) is 3. The van der Waals surface area contributed by atoms with Crippen molar-refractivity contribution in [1.29, 1.82) is 0 Å². The molecule has 4 atom stereocenters. The fraction of sp³-hybridized carbons (Fsp3) is 0.682. The summed E-state index contributed by atoms with van der Waals surface area (Å²) < 4.78 is 21.0. The molecule has 2 aliphatic heterocycles. The zero-order chi connectivity index (χ0) is 20.3. The van der Waals surface area contributed by atoms with Crippen molar-refractivity contribution in [1.82, 2.24) is 0 Å². The molecule has 6 heteroatoms. The number of nitrogens with zero attached hydrogens (tertiary/aromatic N) is 1. The van der Waals surface area contributed by atoms with Gasteiger partial charge in [0.25, 0.3) is 0 Å². The van der Waals surface area contributed by atoms with E-state index < -0.39 is 8.41 Å². The fourth-order valence-electron chi connectivity index (χ4n) is 5.01. The molecule has 156 valence electrons. The van der Waals surface area contributed by atoms with Crippen molar-refractivity contribution >= 4 is 20.0 Å². The smallest absolute Gasteiger partial charge is 0.246 e. The quantitative estimate of drug-likeness (QED) is 0.536. The zero-order valence-electron chi connectivity index (χ0n) is 17.4. The number of ether oxygens (including phenoxy) is 1. The van der Waals surface area contributed by atoms with E-state index >= 15 is 0 Å². The van der Waals surface area contributed by atoms with Crippen molar-refractivity contribution in [3.63, 3.8) is 0 Å². The molecule has 1 amide bonds. The van der Waals surface area contributed by atoms with E-state index in [0.29, 0.717) is 12.8 Å². The number of halogens is 1. The Morgan fingerprint density at radius 2 is 1.89 bits per heavy atom. The van der Waals surface area contributed by atoms with E-state index in [4.69, 9.17) is 4.74 Å². The highest BCUT2D eigenvalue weighted by Gasteiger charge is 2.50. The molecule has 2 aliphatic rings. The molecule has 28 heavy (non-hydrogen) atoms. The van der Waals surface area contributed by atoms with Crippen molar-refractivity contribution in [2.24, 2.45) is 5.92 Å². The Kier molecular flexibility index (Phi) is 6.94. The first kappa shape index (κ1) is 21.5. The van der Waals surface area contributed by atoms with Crippen LogP contribution < -0.4 is 4.90 Å². The molecule has 0 saturated carbocycles. The second-order valence-corrected chi connectivity index (χ2v) is 12.7. The molecular weight excluding hydrogens is 373 g/mol. The highest BCUT2D eigenvalue weighted by molar-refractivity contribution is 6.72. The van der Waals surface area contributed by atoms with Gasteiger partial charge in [0.2, 0.25) is 14.3 Å². The Bertz CT molecular complexity index is 661. The first-order chi connectivity index (χ1) is 13.3. The second-order valence-electron chi connectivity index (χ2n) is 8.88. The summed E-state index contributed by atoms with van der Waals surface area (Å²) in [4.78, 5) is 14.0. The summed E-state index contributed by atoms with van der Waals surface area (Å²) in [7, 11) is -2.84. The lowest BCUT2D eigenvalue weighted by atomic mass is 9.95. The minimum Gasteiger partial charge on any atom is -0.396 e. The normalized spacial score (nSPS) is 28.8. The zero-order valence-corrected chi connectivity index (χ0v) is 18.4. The minimum absolute atomic E-state index is 0.0347. The summed E-state index contributed by atoms with van der Waals surface area (Å²) in [5.74, 6) is 0.389. The molecule has 2 heterocycles. The van der Waals surface area contributed by atoms with Crippen molar-refractivity contribution in [3.8, 4) is 0 Å². The van der Waals surface area contributed by atoms with Crippen LogP contribution in [0.15, 0.2) is 24.3 Å². The summed E-state index contributed by atoms with van der Waals surface area (Å²) >= 11 is 0. The highest BCUT2D eigenvalue weighted by Crippen LogP contribution is 2.46. The third-order valence-electron chi connectivity index (χ3n) is 6.40. The monoisotopic (exact) mass is 407 g/mol. The predicted molar refractivity (Wildman–Crippen MR) is 113 cm³/mol. The van der Waals surface area contributed by atoms with Crippen LogP contribution in [0.2, 0.25) is 18.6 Å². The van der Waals surface area contributed by atoms with E-state index in [2.05, 4.69) is 19.1 Å². The largest absolute Gasteiger partial charge is 0.396 e. The van der Waals surface area contributed by atoms with Crippen molar-refractivity contribution in [2.75, 3.05) is 18.1 Å². The van der Waals surface area contributed by atoms with Crippen molar-refractivity contribution in [3.05, 3.63) is 29.8 Å². The van der Waals surface area contributed by atoms with Crippen LogP contribution >= 0.6 is 0 Å². The number of anilines is 1. The third-order valence-corrected chi connectivity index (χ3v) is 8.88. The number of benzene rings is 1. The Labute approximate surface area is 169 Å². The number of aliphatic hydroxyl groups excluding tert-OH is 1. The van der Waals surface area contributed by atoms with Crippen LogP contribution in [0.1, 0.15) is 44.6 Å². The maximum Gasteiger partial charge on any atom is 0.246 e. The number of hydrogen-bond donors (Lipinski definition) is 1. The summed E-state index contributed by atoms with van der Waals surface area (Å²) in [6.45, 7) is 6.46. The molecule has 0 radical (unpaired) electrons. The summed E-state index contributed by atoms with van der Waals surface area (Å²) in [5.41, 5.74) is 2.13. The Balaban J connectivity index is 1.60. The molecule has 3 rings (SSSR count). The van der Waals surface area contributed by atoms with Gasteiger partial charge in [-0.15, -0.1) is 0 Å². The van der Waals surface area contributed by atoms with Crippen LogP contribution in [0.3, 0.4) is 0 Å². The van der Waals surface area contributed by atoms with Crippen LogP contribution in [-0.4, -0.2) is 44.8 Å². The van der Waals surface area contributed by atoms with Gasteiger partial charge in [0.05, 0.1) is 12.2 Å². The first-order valence-electron chi connectivity index (χ1n) is 10.7. The number of amides is 1. The molecule has 0 aromatic heterocycles. The van der Waals surface area contributed by atoms with E-state index in [0.717, 1.165) is 37.9 Å². The lowest BCUT2D eigenvalue weighted by molar-refractivity contribution is -0.119. The number of aryl methyl sites for hydroxylation is 1. The number of carbonyl (C=O) groups is 1. The van der Waals surface area contributed by atoms with Gasteiger partial charge in [0, 0.05) is 30.8 Å². The van der Waals surface area contributed by atoms with Gasteiger partial charge in [-0.1, -0.05) is 19.1 Å². The van der Waals surface area contributed by atoms with E-state index in [9.17, 15) is 14.0 Å². The summed E-state index contributed by atoms with van der Waals surface area (Å²) in [6, 6.07) is 8.25. The third kappa shape index (κ3) is 4.84. The van der Waals surface area contributed by atoms with Gasteiger partial charge in [-0.05, 0) is 68.8 Å². The van der Waals surface area contributed by atoms with Crippen LogP contribution in [0.25, 0.3) is 0 Å². The van der Waals surface area contributed by atoms with Gasteiger partial charge in [-0.3, -0.25) is 4.79 Å². The Morgan fingerprint density at radius 1 is 1.18 bits per heavy atom. The lowest BCUT2D eigenvalue weighted by Gasteiger charge is -2.28. The van der Waals surface area contributed by atoms with Gasteiger partial charge in [0.1, 0.15) is 0 Å². The van der Waals surface area contributed by atoms with Gasteiger partial charge < -0.3 is 18.9 Å². The molecule has 2 saturated heterocycles. The maximum atomic E-state index is 14.9. The van der Waals surface area contributed by atoms with E-state index in [1.807, 2.05) is 17.0 Å². The van der Waals surface area contributed by atoms with E-state index in [1.54, 1.807) is 13.1 Å². The predicted octanol–water partition coefficient (Wildman–Crippen LogP) is 4.47. The summed E-state index contributed by atoms with van der Waals surface area (Å²) in [6.07, 6.45) is 4.81. The number of aliphatic hydroxyl groups is 1. The molecule has 2 fully saturated rings. The van der Waals surface area contributed by atoms with E-state index in [1.165, 1.54) is 5.56 Å². The van der Waals surface area contributed by atoms with Gasteiger partial charge in [0.15, 0.2) is 0 Å². The molecular formula is C22H34FNO3Si. The standard InChI is InChI=1S/C22H34FNO3Si/c1-16-19(27-20(13-15-25)22(16)28(2,3)23)12-9-17-7-10-18(11-8-17)24-14-5-4-6-21(24)26/h7-8,10-11,16,19-20,22,25H,4-6,9,12-15H2,1-3H3/t16-,19+,20-,22+/m1/s1. The van der Waals surface area contributed by atoms with Crippen LogP contribution in [0.5, 0.6) is 0 Å². The highest BCUT2D eigenvalue weighted by atomic mass is 28.4. The molecule has 0 bridgehead atoms. The Hall–Kier alpha value is -1.24. The van der Waals surface area contributed by atoms with Gasteiger partial charge in [-0.2, -0.15) is 0 Å². The molecule has 1 N–H and O–H groups in total. The summed E-state index contributed by atoms with van der Waals surface area (Å²) in [5, 5.41) is 9.33. The van der Waals surface area contributed by atoms with Crippen molar-refractivity contribution in [2.45, 2.75) is 76.3 Å². The van der Waals surface area contributed by atoms with Crippen LogP contribution in [0, 0.1) is 5.92 Å². The second kappa shape index (κ2) is 9.05. The van der Waals surface area contributed by atoms with Crippen LogP contribution in [0.4, 0.5) is 9.80 Å². The fourth-order valence-corrected chi connectivity index (χ4v) is 7.60. The van der Waals surface area contributed by atoms with Crippen molar-refractivity contribution < 1.29 is 18.7 Å². The molecule has 0 aliphatic carbocycles. The van der Waals surface area contributed by atoms with Gasteiger partial charge in [-0.25, -0.2) is 0 Å². The average molecular weight is 408 g/mol. The Morgan fingerprint density at radius 3 is 2.50 bits per heavy atom. The SMILES string of the molecule is C[C@H]1[C@H]([Si](C)(C)F)[C@@H](CCO)O[C@H]1CCc1ccc(N2CCCCC2=O)cc1.